The standard InChI is InChI=1S/C27H31F5N6O4/c1-3-38-18(8-11-33-38)23(39)36-22(15-6-9-26(28,29)10-7-15)24-34-17-12-16(4-5-20(17)42-24)19(14-41-2)37-13-21(27(30,31)32)35-25(37)40/h4-5,8,11-12,15,19,21-22H,3,6-7,9-10,13-14H2,1-2H3,(H,35,40)(H,36,39)/t19-,21+,22+/m1/s1/i1D3,3D2. The lowest BCUT2D eigenvalue weighted by Crippen LogP contribution is -2.40. The van der Waals surface area contributed by atoms with E-state index in [4.69, 9.17) is 16.0 Å². The Hall–Kier alpha value is -3.75. The van der Waals surface area contributed by atoms with Crippen molar-refractivity contribution in [2.24, 2.45) is 5.92 Å². The van der Waals surface area contributed by atoms with E-state index >= 15 is 0 Å². The van der Waals surface area contributed by atoms with Gasteiger partial charge in [-0.25, -0.2) is 18.6 Å². The first-order valence-corrected chi connectivity index (χ1v) is 13.1. The number of aromatic nitrogens is 3. The molecule has 0 unspecified atom stereocenters. The number of ether oxygens (including phenoxy) is 1. The van der Waals surface area contributed by atoms with Crippen LogP contribution in [0.3, 0.4) is 0 Å². The number of halogens is 5. The monoisotopic (exact) mass is 603 g/mol. The molecule has 1 aromatic carbocycles. The number of carbonyl (C=O) groups excluding carboxylic acids is 2. The van der Waals surface area contributed by atoms with Crippen molar-refractivity contribution in [3.8, 4) is 0 Å². The number of fused-ring (bicyclic) bond motifs is 1. The van der Waals surface area contributed by atoms with Crippen LogP contribution in [0.15, 0.2) is 34.9 Å². The summed E-state index contributed by atoms with van der Waals surface area (Å²) < 4.78 is 118. The van der Waals surface area contributed by atoms with Crippen LogP contribution in [0.5, 0.6) is 0 Å². The van der Waals surface area contributed by atoms with Crippen LogP contribution in [0, 0.1) is 5.92 Å². The Kier molecular flexibility index (Phi) is 6.51. The van der Waals surface area contributed by atoms with Crippen molar-refractivity contribution >= 4 is 23.0 Å². The zero-order valence-electron chi connectivity index (χ0n) is 27.3. The molecule has 42 heavy (non-hydrogen) atoms. The van der Waals surface area contributed by atoms with Gasteiger partial charge in [-0.05, 0) is 49.4 Å². The smallest absolute Gasteiger partial charge is 0.410 e. The molecule has 0 spiro atoms. The van der Waals surface area contributed by atoms with Gasteiger partial charge in [0.05, 0.1) is 21.9 Å². The lowest BCUT2D eigenvalue weighted by atomic mass is 9.82. The Morgan fingerprint density at radius 1 is 1.33 bits per heavy atom. The third kappa shape index (κ3) is 6.05. The Morgan fingerprint density at radius 2 is 2.10 bits per heavy atom. The minimum absolute atomic E-state index is 0.0440. The number of amides is 3. The second kappa shape index (κ2) is 11.5. The molecule has 3 heterocycles. The van der Waals surface area contributed by atoms with Gasteiger partial charge < -0.3 is 24.7 Å². The Labute approximate surface area is 244 Å². The topological polar surface area (TPSA) is 115 Å². The Morgan fingerprint density at radius 3 is 2.76 bits per heavy atom. The van der Waals surface area contributed by atoms with E-state index in [0.29, 0.717) is 10.2 Å². The summed E-state index contributed by atoms with van der Waals surface area (Å²) in [6.45, 7) is -7.06. The fourth-order valence-corrected chi connectivity index (χ4v) is 5.39. The summed E-state index contributed by atoms with van der Waals surface area (Å²) in [5.41, 5.74) is 0.294. The summed E-state index contributed by atoms with van der Waals surface area (Å²) in [6.07, 6.45) is -4.67. The SMILES string of the molecule is [2H]C([2H])([2H])C([2H])([2H])n1nccc1C(=O)N[C@H](c1nc2cc([C@@H](COC)N3C[C@@H](C(F)(F)F)NC3=O)ccc2o1)C1CCC(F)(F)CC1. The van der Waals surface area contributed by atoms with Gasteiger partial charge in [0.25, 0.3) is 5.91 Å². The van der Waals surface area contributed by atoms with E-state index in [9.17, 15) is 31.5 Å². The number of oxazole rings is 1. The minimum Gasteiger partial charge on any atom is -0.438 e. The lowest BCUT2D eigenvalue weighted by molar-refractivity contribution is -0.150. The van der Waals surface area contributed by atoms with Crippen LogP contribution in [-0.2, 0) is 11.2 Å². The molecule has 1 aliphatic carbocycles. The molecule has 2 N–H and O–H groups in total. The number of hydrogen-bond donors (Lipinski definition) is 2. The number of methoxy groups -OCH3 is 1. The first-order valence-electron chi connectivity index (χ1n) is 15.6. The molecule has 0 radical (unpaired) electrons. The fraction of sp³-hybridized carbons (Fsp3) is 0.556. The van der Waals surface area contributed by atoms with Crippen LogP contribution in [-0.4, -0.2) is 70.0 Å². The highest BCUT2D eigenvalue weighted by Crippen LogP contribution is 2.42. The van der Waals surface area contributed by atoms with Crippen LogP contribution in [0.4, 0.5) is 26.7 Å². The summed E-state index contributed by atoms with van der Waals surface area (Å²) in [7, 11) is 1.32. The zero-order valence-corrected chi connectivity index (χ0v) is 22.3. The Bertz CT molecular complexity index is 1620. The van der Waals surface area contributed by atoms with Gasteiger partial charge in [0.2, 0.25) is 11.8 Å². The van der Waals surface area contributed by atoms with Crippen molar-refractivity contribution in [3.05, 3.63) is 47.6 Å². The molecule has 3 aromatic rings. The molecule has 1 saturated carbocycles. The molecule has 10 nitrogen and oxygen atoms in total. The van der Waals surface area contributed by atoms with Crippen LogP contribution in [0.1, 0.15) is 73.4 Å². The van der Waals surface area contributed by atoms with Gasteiger partial charge in [0, 0.05) is 36.8 Å². The number of hydrogen-bond acceptors (Lipinski definition) is 6. The summed E-state index contributed by atoms with van der Waals surface area (Å²) in [5.74, 6) is -4.58. The molecule has 3 atom stereocenters. The van der Waals surface area contributed by atoms with Gasteiger partial charge >= 0.3 is 12.2 Å². The van der Waals surface area contributed by atoms with E-state index in [1.54, 1.807) is 0 Å². The number of aryl methyl sites for hydroxylation is 1. The second-order valence-corrected chi connectivity index (χ2v) is 10.3. The number of benzene rings is 1. The van der Waals surface area contributed by atoms with Crippen molar-refractivity contribution in [1.29, 1.82) is 0 Å². The van der Waals surface area contributed by atoms with Crippen molar-refractivity contribution in [2.45, 2.75) is 69.3 Å². The van der Waals surface area contributed by atoms with Gasteiger partial charge in [0.1, 0.15) is 23.3 Å². The molecule has 2 aromatic heterocycles. The number of alkyl halides is 5. The van der Waals surface area contributed by atoms with Crippen molar-refractivity contribution in [1.82, 2.24) is 30.3 Å². The van der Waals surface area contributed by atoms with E-state index in [1.165, 1.54) is 25.3 Å². The maximum absolute atomic E-state index is 14.1. The van der Waals surface area contributed by atoms with Crippen molar-refractivity contribution in [3.63, 3.8) is 0 Å². The highest BCUT2D eigenvalue weighted by molar-refractivity contribution is 5.92. The predicted octanol–water partition coefficient (Wildman–Crippen LogP) is 4.98. The maximum Gasteiger partial charge on any atom is 0.410 e. The normalized spacial score (nSPS) is 23.4. The molecular weight excluding hydrogens is 567 g/mol. The van der Waals surface area contributed by atoms with Crippen LogP contribution < -0.4 is 10.6 Å². The molecular formula is C27H31F5N6O4. The number of urea groups is 1. The third-order valence-corrected chi connectivity index (χ3v) is 7.61. The molecule has 1 aliphatic heterocycles. The first kappa shape index (κ1) is 23.8. The van der Waals surface area contributed by atoms with E-state index in [-0.39, 0.29) is 36.4 Å². The third-order valence-electron chi connectivity index (χ3n) is 7.61. The van der Waals surface area contributed by atoms with Crippen molar-refractivity contribution < 1.29 is 47.5 Å². The first-order chi connectivity index (χ1) is 21.8. The summed E-state index contributed by atoms with van der Waals surface area (Å²) >= 11 is 0. The summed E-state index contributed by atoms with van der Waals surface area (Å²) in [5, 5.41) is 8.26. The molecule has 228 valence electrons. The summed E-state index contributed by atoms with van der Waals surface area (Å²) in [6, 6.07) is 0.492. The lowest BCUT2D eigenvalue weighted by Gasteiger charge is -2.32. The van der Waals surface area contributed by atoms with Gasteiger partial charge in [-0.15, -0.1) is 0 Å². The number of carbonyl (C=O) groups is 2. The average molecular weight is 604 g/mol. The van der Waals surface area contributed by atoms with E-state index in [1.807, 2.05) is 5.32 Å². The molecule has 2 fully saturated rings. The molecule has 15 heteroatoms. The largest absolute Gasteiger partial charge is 0.438 e. The highest BCUT2D eigenvalue weighted by Gasteiger charge is 2.48. The molecule has 1 saturated heterocycles. The molecule has 3 amide bonds. The second-order valence-electron chi connectivity index (χ2n) is 10.3. The van der Waals surface area contributed by atoms with E-state index < -0.39 is 86.5 Å². The van der Waals surface area contributed by atoms with Gasteiger partial charge in [-0.2, -0.15) is 18.3 Å². The number of rotatable bonds is 9. The fourth-order valence-electron chi connectivity index (χ4n) is 5.39. The van der Waals surface area contributed by atoms with Gasteiger partial charge in [-0.3, -0.25) is 9.48 Å². The van der Waals surface area contributed by atoms with Crippen molar-refractivity contribution in [2.75, 3.05) is 20.3 Å². The van der Waals surface area contributed by atoms with Gasteiger partial charge in [-0.1, -0.05) is 6.07 Å². The van der Waals surface area contributed by atoms with Crippen LogP contribution in [0.2, 0.25) is 0 Å². The highest BCUT2D eigenvalue weighted by atomic mass is 19.4. The van der Waals surface area contributed by atoms with Gasteiger partial charge in [0.15, 0.2) is 5.58 Å². The van der Waals surface area contributed by atoms with E-state index in [2.05, 4.69) is 15.4 Å². The van der Waals surface area contributed by atoms with Crippen LogP contribution >= 0.6 is 0 Å². The van der Waals surface area contributed by atoms with E-state index in [0.717, 1.165) is 17.2 Å². The zero-order chi connectivity index (χ0) is 34.5. The molecule has 5 rings (SSSR count). The quantitative estimate of drug-likeness (QED) is 0.334. The number of nitrogens with zero attached hydrogens (tertiary/aromatic N) is 4. The molecule has 0 bridgehead atoms. The predicted molar refractivity (Wildman–Crippen MR) is 139 cm³/mol. The molecule has 2 aliphatic rings. The Balaban J connectivity index is 1.47. The summed E-state index contributed by atoms with van der Waals surface area (Å²) in [4.78, 5) is 31.5. The average Bonchev–Trinajstić information content (AvgIpc) is 3.72. The number of nitrogens with one attached hydrogen (secondary N) is 2. The maximum atomic E-state index is 14.1. The minimum atomic E-state index is -4.66. The van der Waals surface area contributed by atoms with Crippen LogP contribution in [0.25, 0.3) is 11.1 Å².